The zero-order valence-corrected chi connectivity index (χ0v) is 13.9. The second-order valence-corrected chi connectivity index (χ2v) is 9.26. The van der Waals surface area contributed by atoms with Gasteiger partial charge in [0.25, 0.3) is 0 Å². The van der Waals surface area contributed by atoms with Crippen LogP contribution in [0.5, 0.6) is 0 Å². The maximum absolute atomic E-state index is 12.3. The van der Waals surface area contributed by atoms with Gasteiger partial charge in [0.1, 0.15) is 4.21 Å². The molecule has 1 aromatic heterocycles. The van der Waals surface area contributed by atoms with E-state index in [1.165, 1.54) is 24.2 Å². The van der Waals surface area contributed by atoms with Crippen LogP contribution in [0.2, 0.25) is 0 Å². The van der Waals surface area contributed by atoms with Crippen LogP contribution >= 0.6 is 11.3 Å². The Morgan fingerprint density at radius 3 is 2.90 bits per heavy atom. The molecule has 2 heterocycles. The molecule has 1 saturated heterocycles. The molecule has 1 aliphatic heterocycles. The van der Waals surface area contributed by atoms with E-state index < -0.39 is 10.0 Å². The third-order valence-corrected chi connectivity index (χ3v) is 6.96. The molecule has 118 valence electrons. The maximum atomic E-state index is 12.3. The lowest BCUT2D eigenvalue weighted by atomic mass is 10.0. The van der Waals surface area contributed by atoms with Gasteiger partial charge in [0.2, 0.25) is 10.0 Å². The summed E-state index contributed by atoms with van der Waals surface area (Å²) < 4.78 is 33.3. The predicted molar refractivity (Wildman–Crippen MR) is 83.0 cm³/mol. The highest BCUT2D eigenvalue weighted by molar-refractivity contribution is 7.91. The summed E-state index contributed by atoms with van der Waals surface area (Å²) in [6.07, 6.45) is 4.36. The minimum Gasteiger partial charge on any atom is -0.374 e. The molecule has 0 spiro atoms. The Kier molecular flexibility index (Phi) is 4.38. The number of rotatable bonds is 7. The molecule has 21 heavy (non-hydrogen) atoms. The van der Waals surface area contributed by atoms with Crippen molar-refractivity contribution in [3.05, 3.63) is 17.0 Å². The van der Waals surface area contributed by atoms with Gasteiger partial charge in [-0.2, -0.15) is 0 Å². The Morgan fingerprint density at radius 1 is 1.43 bits per heavy atom. The van der Waals surface area contributed by atoms with Crippen LogP contribution in [0.15, 0.2) is 16.3 Å². The molecule has 1 atom stereocenters. The highest BCUT2D eigenvalue weighted by Crippen LogP contribution is 2.27. The molecule has 3 rings (SSSR count). The average Bonchev–Trinajstić information content (AvgIpc) is 2.97. The second kappa shape index (κ2) is 5.96. The molecule has 2 fully saturated rings. The average molecular weight is 330 g/mol. The van der Waals surface area contributed by atoms with Crippen molar-refractivity contribution in [2.75, 3.05) is 13.2 Å². The lowest BCUT2D eigenvalue weighted by molar-refractivity contribution is 0.0250. The summed E-state index contributed by atoms with van der Waals surface area (Å²) in [5.74, 6) is 0. The first-order chi connectivity index (χ1) is 9.97. The fraction of sp³-hybridized carbons (Fsp3) is 0.714. The van der Waals surface area contributed by atoms with Crippen molar-refractivity contribution in [3.8, 4) is 0 Å². The van der Waals surface area contributed by atoms with Gasteiger partial charge >= 0.3 is 0 Å². The third-order valence-electron chi connectivity index (χ3n) is 3.98. The summed E-state index contributed by atoms with van der Waals surface area (Å²) >= 11 is 1.34. The number of thiophene rings is 1. The summed E-state index contributed by atoms with van der Waals surface area (Å²) in [6.45, 7) is 3.77. The van der Waals surface area contributed by atoms with Gasteiger partial charge < -0.3 is 10.1 Å². The van der Waals surface area contributed by atoms with Crippen LogP contribution in [-0.2, 0) is 21.3 Å². The van der Waals surface area contributed by atoms with Gasteiger partial charge in [-0.1, -0.05) is 0 Å². The normalized spacial score (nSPS) is 26.3. The van der Waals surface area contributed by atoms with Gasteiger partial charge in [-0.05, 0) is 44.7 Å². The van der Waals surface area contributed by atoms with E-state index in [9.17, 15) is 8.42 Å². The summed E-state index contributed by atoms with van der Waals surface area (Å²) in [6, 6.07) is 4.21. The molecule has 1 unspecified atom stereocenters. The second-order valence-electron chi connectivity index (χ2n) is 6.10. The quantitative estimate of drug-likeness (QED) is 0.801. The maximum Gasteiger partial charge on any atom is 0.250 e. The number of sulfonamides is 1. The molecule has 5 nitrogen and oxygen atoms in total. The van der Waals surface area contributed by atoms with Gasteiger partial charge in [0, 0.05) is 30.6 Å². The minimum atomic E-state index is -3.43. The fourth-order valence-corrected chi connectivity index (χ4v) is 4.93. The van der Waals surface area contributed by atoms with Gasteiger partial charge in [-0.3, -0.25) is 0 Å². The van der Waals surface area contributed by atoms with Gasteiger partial charge in [-0.25, -0.2) is 13.1 Å². The van der Waals surface area contributed by atoms with Crippen LogP contribution in [0.1, 0.15) is 37.5 Å². The molecule has 7 heteroatoms. The van der Waals surface area contributed by atoms with Gasteiger partial charge in [0.15, 0.2) is 0 Å². The molecule has 0 aromatic carbocycles. The van der Waals surface area contributed by atoms with E-state index >= 15 is 0 Å². The lowest BCUT2D eigenvalue weighted by Crippen LogP contribution is -2.39. The van der Waals surface area contributed by atoms with Crippen molar-refractivity contribution >= 4 is 21.4 Å². The topological polar surface area (TPSA) is 67.4 Å². The largest absolute Gasteiger partial charge is 0.374 e. The SMILES string of the molecule is CC1(CNS(=O)(=O)c2ccc(CNC3CC3)s2)CCCO1. The number of nitrogens with one attached hydrogen (secondary N) is 2. The van der Waals surface area contributed by atoms with E-state index in [0.29, 0.717) is 23.4 Å². The van der Waals surface area contributed by atoms with Crippen LogP contribution in [0.4, 0.5) is 0 Å². The van der Waals surface area contributed by atoms with E-state index in [1.54, 1.807) is 6.07 Å². The first kappa shape index (κ1) is 15.4. The van der Waals surface area contributed by atoms with Gasteiger partial charge in [0.05, 0.1) is 5.60 Å². The van der Waals surface area contributed by atoms with E-state index in [0.717, 1.165) is 24.3 Å². The Balaban J connectivity index is 1.58. The Labute approximate surface area is 130 Å². The monoisotopic (exact) mass is 330 g/mol. The van der Waals surface area contributed by atoms with Crippen LogP contribution in [-0.4, -0.2) is 33.2 Å². The smallest absolute Gasteiger partial charge is 0.250 e. The highest BCUT2D eigenvalue weighted by Gasteiger charge is 2.31. The van der Waals surface area contributed by atoms with E-state index in [1.807, 2.05) is 13.0 Å². The molecule has 2 N–H and O–H groups in total. The molecule has 0 amide bonds. The van der Waals surface area contributed by atoms with Crippen molar-refractivity contribution in [2.45, 2.75) is 55.0 Å². The predicted octanol–water partition coefficient (Wildman–Crippen LogP) is 1.85. The van der Waals surface area contributed by atoms with Crippen LogP contribution in [0.3, 0.4) is 0 Å². The van der Waals surface area contributed by atoms with E-state index in [4.69, 9.17) is 4.74 Å². The molecule has 1 aliphatic carbocycles. The van der Waals surface area contributed by atoms with E-state index in [-0.39, 0.29) is 5.60 Å². The first-order valence-corrected chi connectivity index (χ1v) is 9.73. The summed E-state index contributed by atoms with van der Waals surface area (Å²) in [5.41, 5.74) is -0.360. The Hall–Kier alpha value is -0.470. The van der Waals surface area contributed by atoms with Crippen molar-refractivity contribution in [1.82, 2.24) is 10.0 Å². The number of hydrogen-bond donors (Lipinski definition) is 2. The minimum absolute atomic E-state index is 0.336. The summed E-state index contributed by atoms with van der Waals surface area (Å²) in [5, 5.41) is 3.40. The van der Waals surface area contributed by atoms with Crippen LogP contribution in [0.25, 0.3) is 0 Å². The Morgan fingerprint density at radius 2 is 2.24 bits per heavy atom. The van der Waals surface area contributed by atoms with Crippen molar-refractivity contribution in [3.63, 3.8) is 0 Å². The molecule has 2 aliphatic rings. The van der Waals surface area contributed by atoms with Crippen LogP contribution in [0, 0.1) is 0 Å². The molecular weight excluding hydrogens is 308 g/mol. The standard InChI is InChI=1S/C14H22N2O3S2/c1-14(7-2-8-19-14)10-16-21(17,18)13-6-5-12(20-13)9-15-11-3-4-11/h5-6,11,15-16H,2-4,7-10H2,1H3. The number of hydrogen-bond acceptors (Lipinski definition) is 5. The fourth-order valence-electron chi connectivity index (χ4n) is 2.43. The zero-order chi connectivity index (χ0) is 14.9. The molecular formula is C14H22N2O3S2. The molecule has 0 bridgehead atoms. The highest BCUT2D eigenvalue weighted by atomic mass is 32.2. The van der Waals surface area contributed by atoms with Crippen molar-refractivity contribution in [1.29, 1.82) is 0 Å². The summed E-state index contributed by atoms with van der Waals surface area (Å²) in [7, 11) is -3.43. The lowest BCUT2D eigenvalue weighted by Gasteiger charge is -2.22. The summed E-state index contributed by atoms with van der Waals surface area (Å²) in [4.78, 5) is 1.06. The van der Waals surface area contributed by atoms with E-state index in [2.05, 4.69) is 10.0 Å². The first-order valence-electron chi connectivity index (χ1n) is 7.43. The third kappa shape index (κ3) is 4.04. The zero-order valence-electron chi connectivity index (χ0n) is 12.2. The van der Waals surface area contributed by atoms with Crippen LogP contribution < -0.4 is 10.0 Å². The van der Waals surface area contributed by atoms with Crippen molar-refractivity contribution in [2.24, 2.45) is 0 Å². The molecule has 0 radical (unpaired) electrons. The number of ether oxygens (including phenoxy) is 1. The van der Waals surface area contributed by atoms with Gasteiger partial charge in [-0.15, -0.1) is 11.3 Å². The molecule has 1 saturated carbocycles. The molecule has 1 aromatic rings. The Bertz CT molecular complexity index is 587. The van der Waals surface area contributed by atoms with Crippen molar-refractivity contribution < 1.29 is 13.2 Å².